The van der Waals surface area contributed by atoms with Gasteiger partial charge in [-0.05, 0) is 30.7 Å². The number of aromatic nitrogens is 1. The highest BCUT2D eigenvalue weighted by atomic mass is 32.2. The van der Waals surface area contributed by atoms with Crippen molar-refractivity contribution in [2.75, 3.05) is 4.72 Å². The zero-order chi connectivity index (χ0) is 19.6. The standard InChI is InChI=1S/C21H18N2O2S3/c1-2-18-11-12-20(27-18)28(24,25)23-17-10-6-9-16(13-17)19-14-26-21(22-19)15-7-4-3-5-8-15/h3-14,23H,2H2,1H3. The van der Waals surface area contributed by atoms with Crippen LogP contribution in [0.5, 0.6) is 0 Å². The molecule has 4 rings (SSSR count). The average molecular weight is 427 g/mol. The van der Waals surface area contributed by atoms with Gasteiger partial charge in [-0.1, -0.05) is 49.4 Å². The van der Waals surface area contributed by atoms with E-state index in [-0.39, 0.29) is 0 Å². The first-order chi connectivity index (χ1) is 13.5. The lowest BCUT2D eigenvalue weighted by Gasteiger charge is -2.07. The summed E-state index contributed by atoms with van der Waals surface area (Å²) in [7, 11) is -3.59. The van der Waals surface area contributed by atoms with Crippen LogP contribution in [0.4, 0.5) is 5.69 Å². The Bertz CT molecular complexity index is 1200. The van der Waals surface area contributed by atoms with Crippen molar-refractivity contribution in [3.63, 3.8) is 0 Å². The summed E-state index contributed by atoms with van der Waals surface area (Å²) >= 11 is 2.87. The van der Waals surface area contributed by atoms with E-state index in [1.54, 1.807) is 23.5 Å². The predicted octanol–water partition coefficient (Wildman–Crippen LogP) is 5.90. The van der Waals surface area contributed by atoms with Crippen LogP contribution in [0.2, 0.25) is 0 Å². The number of benzene rings is 2. The molecule has 2 aromatic heterocycles. The SMILES string of the molecule is CCc1ccc(S(=O)(=O)Nc2cccc(-c3csc(-c4ccccc4)n3)c2)s1. The van der Waals surface area contributed by atoms with Gasteiger partial charge in [0.2, 0.25) is 0 Å². The van der Waals surface area contributed by atoms with Gasteiger partial charge >= 0.3 is 0 Å². The van der Waals surface area contributed by atoms with Crippen LogP contribution in [-0.2, 0) is 16.4 Å². The average Bonchev–Trinajstić information content (AvgIpc) is 3.39. The molecule has 142 valence electrons. The van der Waals surface area contributed by atoms with E-state index in [1.807, 2.05) is 66.9 Å². The molecule has 0 amide bonds. The summed E-state index contributed by atoms with van der Waals surface area (Å²) in [5.74, 6) is 0. The number of thiophene rings is 1. The molecule has 0 bridgehead atoms. The highest BCUT2D eigenvalue weighted by molar-refractivity contribution is 7.94. The first kappa shape index (κ1) is 18.9. The summed E-state index contributed by atoms with van der Waals surface area (Å²) in [6.07, 6.45) is 0.823. The van der Waals surface area contributed by atoms with Crippen LogP contribution in [-0.4, -0.2) is 13.4 Å². The lowest BCUT2D eigenvalue weighted by Crippen LogP contribution is -2.11. The normalized spacial score (nSPS) is 11.5. The zero-order valence-electron chi connectivity index (χ0n) is 15.1. The molecular formula is C21H18N2O2S3. The number of aryl methyl sites for hydroxylation is 1. The largest absolute Gasteiger partial charge is 0.279 e. The van der Waals surface area contributed by atoms with Crippen molar-refractivity contribution in [2.24, 2.45) is 0 Å². The summed E-state index contributed by atoms with van der Waals surface area (Å²) in [6, 6.07) is 20.8. The minimum atomic E-state index is -3.59. The molecule has 0 spiro atoms. The van der Waals surface area contributed by atoms with Crippen LogP contribution in [0.1, 0.15) is 11.8 Å². The number of sulfonamides is 1. The van der Waals surface area contributed by atoms with Crippen molar-refractivity contribution in [1.29, 1.82) is 0 Å². The van der Waals surface area contributed by atoms with Gasteiger partial charge in [-0.3, -0.25) is 4.72 Å². The maximum Gasteiger partial charge on any atom is 0.271 e. The molecule has 0 radical (unpaired) electrons. The van der Waals surface area contributed by atoms with Crippen molar-refractivity contribution in [3.05, 3.63) is 77.0 Å². The minimum absolute atomic E-state index is 0.328. The number of hydrogen-bond acceptors (Lipinski definition) is 5. The molecule has 0 aliphatic rings. The van der Waals surface area contributed by atoms with Gasteiger partial charge < -0.3 is 0 Å². The number of thiazole rings is 1. The number of rotatable bonds is 6. The second-order valence-corrected chi connectivity index (χ2v) is 10.1. The van der Waals surface area contributed by atoms with Crippen LogP contribution in [0.25, 0.3) is 21.8 Å². The van der Waals surface area contributed by atoms with Crippen molar-refractivity contribution >= 4 is 38.4 Å². The molecule has 0 aliphatic carbocycles. The number of nitrogens with one attached hydrogen (secondary N) is 1. The molecule has 2 aromatic carbocycles. The summed E-state index contributed by atoms with van der Waals surface area (Å²) in [6.45, 7) is 2.01. The van der Waals surface area contributed by atoms with E-state index in [9.17, 15) is 8.42 Å². The van der Waals surface area contributed by atoms with E-state index < -0.39 is 10.0 Å². The Hall–Kier alpha value is -2.48. The lowest BCUT2D eigenvalue weighted by atomic mass is 10.1. The fourth-order valence-electron chi connectivity index (χ4n) is 2.76. The Kier molecular flexibility index (Phi) is 5.30. The lowest BCUT2D eigenvalue weighted by molar-refractivity contribution is 0.603. The fraction of sp³-hybridized carbons (Fsp3) is 0.0952. The molecule has 0 saturated heterocycles. The van der Waals surface area contributed by atoms with E-state index in [0.29, 0.717) is 9.90 Å². The monoisotopic (exact) mass is 426 g/mol. The van der Waals surface area contributed by atoms with Gasteiger partial charge in [0.25, 0.3) is 10.0 Å². The fourth-order valence-corrected chi connectivity index (χ4v) is 5.94. The van der Waals surface area contributed by atoms with Crippen molar-refractivity contribution in [3.8, 4) is 21.8 Å². The Labute approximate surface area is 172 Å². The van der Waals surface area contributed by atoms with Crippen LogP contribution in [0, 0.1) is 0 Å². The van der Waals surface area contributed by atoms with Crippen LogP contribution in [0.15, 0.2) is 76.3 Å². The molecular weight excluding hydrogens is 408 g/mol. The Morgan fingerprint density at radius 1 is 0.964 bits per heavy atom. The maximum absolute atomic E-state index is 12.7. The first-order valence-corrected chi connectivity index (χ1v) is 12.0. The molecule has 1 N–H and O–H groups in total. The minimum Gasteiger partial charge on any atom is -0.279 e. The van der Waals surface area contributed by atoms with Crippen LogP contribution < -0.4 is 4.72 Å². The maximum atomic E-state index is 12.7. The summed E-state index contributed by atoms with van der Waals surface area (Å²) < 4.78 is 28.3. The van der Waals surface area contributed by atoms with Gasteiger partial charge in [0, 0.05) is 27.1 Å². The van der Waals surface area contributed by atoms with Gasteiger partial charge in [-0.25, -0.2) is 13.4 Å². The Morgan fingerprint density at radius 2 is 1.75 bits per heavy atom. The van der Waals surface area contributed by atoms with E-state index in [1.165, 1.54) is 11.3 Å². The highest BCUT2D eigenvalue weighted by Crippen LogP contribution is 2.31. The topological polar surface area (TPSA) is 59.1 Å². The summed E-state index contributed by atoms with van der Waals surface area (Å²) in [5, 5.41) is 2.93. The molecule has 0 unspecified atom stereocenters. The molecule has 4 nitrogen and oxygen atoms in total. The first-order valence-electron chi connectivity index (χ1n) is 8.78. The van der Waals surface area contributed by atoms with E-state index in [4.69, 9.17) is 4.98 Å². The molecule has 4 aromatic rings. The second-order valence-electron chi connectivity index (χ2n) is 6.16. The van der Waals surface area contributed by atoms with E-state index in [0.717, 1.165) is 33.1 Å². The number of hydrogen-bond donors (Lipinski definition) is 1. The Morgan fingerprint density at radius 3 is 2.50 bits per heavy atom. The van der Waals surface area contributed by atoms with E-state index in [2.05, 4.69) is 4.72 Å². The third-order valence-electron chi connectivity index (χ3n) is 4.19. The molecule has 0 saturated carbocycles. The summed E-state index contributed by atoms with van der Waals surface area (Å²) in [5.41, 5.74) is 3.30. The Balaban J connectivity index is 1.59. The van der Waals surface area contributed by atoms with Crippen LogP contribution >= 0.6 is 22.7 Å². The molecule has 0 fully saturated rings. The zero-order valence-corrected chi connectivity index (χ0v) is 17.6. The highest BCUT2D eigenvalue weighted by Gasteiger charge is 2.17. The molecule has 0 atom stereocenters. The summed E-state index contributed by atoms with van der Waals surface area (Å²) in [4.78, 5) is 5.75. The van der Waals surface area contributed by atoms with Gasteiger partial charge in [0.1, 0.15) is 9.22 Å². The quantitative estimate of drug-likeness (QED) is 0.417. The van der Waals surface area contributed by atoms with Gasteiger partial charge in [-0.2, -0.15) is 0 Å². The van der Waals surface area contributed by atoms with Gasteiger partial charge in [0.15, 0.2) is 0 Å². The number of nitrogens with zero attached hydrogens (tertiary/aromatic N) is 1. The van der Waals surface area contributed by atoms with E-state index >= 15 is 0 Å². The van der Waals surface area contributed by atoms with Crippen LogP contribution in [0.3, 0.4) is 0 Å². The number of anilines is 1. The molecule has 7 heteroatoms. The smallest absolute Gasteiger partial charge is 0.271 e. The second kappa shape index (κ2) is 7.87. The van der Waals surface area contributed by atoms with Crippen molar-refractivity contribution in [1.82, 2.24) is 4.98 Å². The molecule has 0 aliphatic heterocycles. The van der Waals surface area contributed by atoms with Gasteiger partial charge in [0.05, 0.1) is 5.69 Å². The molecule has 28 heavy (non-hydrogen) atoms. The third-order valence-corrected chi connectivity index (χ3v) is 8.18. The van der Waals surface area contributed by atoms with Crippen molar-refractivity contribution < 1.29 is 8.42 Å². The van der Waals surface area contributed by atoms with Crippen molar-refractivity contribution in [2.45, 2.75) is 17.6 Å². The molecule has 2 heterocycles. The predicted molar refractivity (Wildman–Crippen MR) is 117 cm³/mol. The third kappa shape index (κ3) is 4.01. The van der Waals surface area contributed by atoms with Gasteiger partial charge in [-0.15, -0.1) is 22.7 Å².